The minimum atomic E-state index is 0.810. The first-order valence-electron chi connectivity index (χ1n) is 16.5. The van der Waals surface area contributed by atoms with E-state index in [2.05, 4.69) is 92.8 Å². The van der Waals surface area contributed by atoms with E-state index in [4.69, 9.17) is 0 Å². The molecule has 0 amide bonds. The van der Waals surface area contributed by atoms with Crippen LogP contribution in [0.1, 0.15) is 30.4 Å². The minimum Gasteiger partial charge on any atom is -0.256 e. The molecule has 232 valence electrons. The van der Waals surface area contributed by atoms with Gasteiger partial charge < -0.3 is 0 Å². The second-order valence-corrected chi connectivity index (χ2v) is 11.7. The second kappa shape index (κ2) is 15.1. The van der Waals surface area contributed by atoms with Crippen LogP contribution < -0.4 is 0 Å². The molecule has 4 heterocycles. The first kappa shape index (κ1) is 30.6. The molecule has 8 aromatic rings. The van der Waals surface area contributed by atoms with E-state index in [-0.39, 0.29) is 0 Å². The topological polar surface area (TPSA) is 51.6 Å². The van der Waals surface area contributed by atoms with Crippen LogP contribution in [0.3, 0.4) is 0 Å². The summed E-state index contributed by atoms with van der Waals surface area (Å²) < 4.78 is 0. The Hall–Kier alpha value is -6.00. The van der Waals surface area contributed by atoms with Crippen molar-refractivity contribution >= 4 is 49.2 Å². The summed E-state index contributed by atoms with van der Waals surface area (Å²) in [6, 6.07) is 45.3. The third-order valence-electron chi connectivity index (χ3n) is 8.69. The molecule has 0 fully saturated rings. The summed E-state index contributed by atoms with van der Waals surface area (Å²) in [6.45, 7) is 0. The number of hydrogen-bond acceptors (Lipinski definition) is 4. The monoisotopic (exact) mass is 620 g/mol. The lowest BCUT2D eigenvalue weighted by atomic mass is 9.80. The molecule has 4 heteroatoms. The number of para-hydroxylation sites is 2. The highest BCUT2D eigenvalue weighted by Crippen LogP contribution is 2.39. The maximum atomic E-state index is 4.18. The molecule has 4 aromatic carbocycles. The molecule has 0 bridgehead atoms. The van der Waals surface area contributed by atoms with Gasteiger partial charge in [0.05, 0.1) is 11.0 Å². The van der Waals surface area contributed by atoms with Crippen LogP contribution in [-0.4, -0.2) is 19.9 Å². The predicted octanol–water partition coefficient (Wildman–Crippen LogP) is 11.0. The van der Waals surface area contributed by atoms with E-state index >= 15 is 0 Å². The summed E-state index contributed by atoms with van der Waals surface area (Å²) in [6.07, 6.45) is 16.7. The number of allylic oxidation sites excluding steroid dienone is 4. The van der Waals surface area contributed by atoms with Gasteiger partial charge in [0.15, 0.2) is 5.65 Å². The number of nitrogens with zero attached hydrogens (tertiary/aromatic N) is 4. The van der Waals surface area contributed by atoms with Crippen LogP contribution in [0.2, 0.25) is 0 Å². The SMILES string of the molecule is C1=CC2=C(CC1)CCc1c2ccc2ccccc12.c1ccc2ncccc2c1.c1ccc2ncccc2c1.c1cnc2ncccc2c1. The van der Waals surface area contributed by atoms with Crippen LogP contribution in [0.4, 0.5) is 0 Å². The van der Waals surface area contributed by atoms with Crippen molar-refractivity contribution in [2.75, 3.05) is 0 Å². The van der Waals surface area contributed by atoms with Crippen LogP contribution in [0.25, 0.3) is 49.2 Å². The molecule has 48 heavy (non-hydrogen) atoms. The van der Waals surface area contributed by atoms with Crippen molar-refractivity contribution in [2.45, 2.75) is 25.7 Å². The van der Waals surface area contributed by atoms with E-state index in [0.29, 0.717) is 0 Å². The van der Waals surface area contributed by atoms with E-state index in [1.807, 2.05) is 85.2 Å². The van der Waals surface area contributed by atoms with Gasteiger partial charge in [-0.3, -0.25) is 9.97 Å². The Balaban J connectivity index is 0.000000106. The number of pyridine rings is 4. The van der Waals surface area contributed by atoms with E-state index in [0.717, 1.165) is 22.1 Å². The average molecular weight is 621 g/mol. The van der Waals surface area contributed by atoms with Gasteiger partial charge in [0, 0.05) is 40.9 Å². The molecular formula is C44H36N4. The number of fused-ring (bicyclic) bond motifs is 7. The van der Waals surface area contributed by atoms with Gasteiger partial charge in [0.2, 0.25) is 0 Å². The van der Waals surface area contributed by atoms with Crippen molar-refractivity contribution in [1.29, 1.82) is 0 Å². The summed E-state index contributed by atoms with van der Waals surface area (Å²) in [7, 11) is 0. The summed E-state index contributed by atoms with van der Waals surface area (Å²) in [4.78, 5) is 16.5. The Bertz CT molecular complexity index is 2010. The molecule has 10 rings (SSSR count). The fourth-order valence-corrected chi connectivity index (χ4v) is 6.32. The molecule has 4 nitrogen and oxygen atoms in total. The van der Waals surface area contributed by atoms with Crippen molar-refractivity contribution in [1.82, 2.24) is 19.9 Å². The Kier molecular flexibility index (Phi) is 9.61. The van der Waals surface area contributed by atoms with Gasteiger partial charge in [0.25, 0.3) is 0 Å². The Morgan fingerprint density at radius 2 is 0.958 bits per heavy atom. The third-order valence-corrected chi connectivity index (χ3v) is 8.69. The fourth-order valence-electron chi connectivity index (χ4n) is 6.32. The molecule has 2 aliphatic rings. The molecule has 0 spiro atoms. The van der Waals surface area contributed by atoms with Crippen LogP contribution in [0.15, 0.2) is 176 Å². The van der Waals surface area contributed by atoms with Gasteiger partial charge in [-0.1, -0.05) is 103 Å². The number of hydrogen-bond donors (Lipinski definition) is 0. The number of aromatic nitrogens is 4. The predicted molar refractivity (Wildman–Crippen MR) is 201 cm³/mol. The summed E-state index contributed by atoms with van der Waals surface area (Å²) in [5.74, 6) is 0. The standard InChI is InChI=1S/C18H16.2C9H7N.C8H6N2/c1-3-7-15-13(5-1)9-11-18-16-8-4-2-6-14(16)10-12-17(15)18;2*1-2-6-9-8(4-1)5-3-7-10-9;1-3-7-4-2-6-10-8(7)9-5-1/h1,3-5,7-9,11H,2,6,10,12H2;2*1-7H;1-6H. The van der Waals surface area contributed by atoms with E-state index in [1.54, 1.807) is 23.5 Å². The van der Waals surface area contributed by atoms with Gasteiger partial charge in [-0.15, -0.1) is 0 Å². The largest absolute Gasteiger partial charge is 0.256 e. The molecule has 0 N–H and O–H groups in total. The normalized spacial score (nSPS) is 12.9. The Morgan fingerprint density at radius 3 is 1.58 bits per heavy atom. The van der Waals surface area contributed by atoms with Gasteiger partial charge in [-0.25, -0.2) is 9.97 Å². The summed E-state index contributed by atoms with van der Waals surface area (Å²) in [5.41, 5.74) is 9.14. The molecule has 0 radical (unpaired) electrons. The molecule has 0 saturated carbocycles. The third kappa shape index (κ3) is 7.19. The van der Waals surface area contributed by atoms with Gasteiger partial charge in [0.1, 0.15) is 0 Å². The summed E-state index contributed by atoms with van der Waals surface area (Å²) in [5, 5.41) is 6.31. The fraction of sp³-hybridized carbons (Fsp3) is 0.0909. The number of benzene rings is 4. The molecule has 0 atom stereocenters. The lowest BCUT2D eigenvalue weighted by Crippen LogP contribution is -2.06. The average Bonchev–Trinajstić information content (AvgIpc) is 3.18. The smallest absolute Gasteiger partial charge is 0.159 e. The van der Waals surface area contributed by atoms with Gasteiger partial charge in [-0.2, -0.15) is 0 Å². The van der Waals surface area contributed by atoms with Crippen molar-refractivity contribution in [2.24, 2.45) is 0 Å². The molecule has 2 aliphatic carbocycles. The number of aryl methyl sites for hydroxylation is 1. The van der Waals surface area contributed by atoms with Gasteiger partial charge >= 0.3 is 0 Å². The van der Waals surface area contributed by atoms with Crippen LogP contribution in [-0.2, 0) is 6.42 Å². The molecular weight excluding hydrogens is 585 g/mol. The maximum Gasteiger partial charge on any atom is 0.159 e. The van der Waals surface area contributed by atoms with E-state index in [9.17, 15) is 0 Å². The van der Waals surface area contributed by atoms with Crippen LogP contribution >= 0.6 is 0 Å². The first-order valence-corrected chi connectivity index (χ1v) is 16.5. The molecule has 0 unspecified atom stereocenters. The first-order chi connectivity index (χ1) is 23.8. The zero-order valence-corrected chi connectivity index (χ0v) is 26.8. The zero-order chi connectivity index (χ0) is 32.4. The summed E-state index contributed by atoms with van der Waals surface area (Å²) >= 11 is 0. The van der Waals surface area contributed by atoms with Crippen LogP contribution in [0.5, 0.6) is 0 Å². The number of rotatable bonds is 0. The Morgan fingerprint density at radius 1 is 0.417 bits per heavy atom. The quantitative estimate of drug-likeness (QED) is 0.169. The van der Waals surface area contributed by atoms with Gasteiger partial charge in [-0.05, 0) is 102 Å². The zero-order valence-electron chi connectivity index (χ0n) is 26.8. The Labute approximate surface area is 281 Å². The highest BCUT2D eigenvalue weighted by molar-refractivity contribution is 5.93. The van der Waals surface area contributed by atoms with E-state index in [1.165, 1.54) is 58.4 Å². The minimum absolute atomic E-state index is 0.810. The van der Waals surface area contributed by atoms with Crippen molar-refractivity contribution in [3.63, 3.8) is 0 Å². The van der Waals surface area contributed by atoms with Crippen molar-refractivity contribution in [3.05, 3.63) is 187 Å². The van der Waals surface area contributed by atoms with Crippen LogP contribution in [0, 0.1) is 0 Å². The molecule has 0 aliphatic heterocycles. The lowest BCUT2D eigenvalue weighted by molar-refractivity contribution is 0.831. The van der Waals surface area contributed by atoms with Crippen molar-refractivity contribution < 1.29 is 0 Å². The van der Waals surface area contributed by atoms with E-state index < -0.39 is 0 Å². The molecule has 4 aromatic heterocycles. The second-order valence-electron chi connectivity index (χ2n) is 11.7. The highest BCUT2D eigenvalue weighted by Gasteiger charge is 2.20. The lowest BCUT2D eigenvalue weighted by Gasteiger charge is -2.25. The molecule has 0 saturated heterocycles. The maximum absolute atomic E-state index is 4.18. The highest BCUT2D eigenvalue weighted by atomic mass is 14.8. The van der Waals surface area contributed by atoms with Crippen molar-refractivity contribution in [3.8, 4) is 0 Å².